The fourth-order valence-corrected chi connectivity index (χ4v) is 2.98. The molecule has 0 aliphatic carbocycles. The Morgan fingerprint density at radius 2 is 1.95 bits per heavy atom. The summed E-state index contributed by atoms with van der Waals surface area (Å²) in [4.78, 5) is 30.8. The van der Waals surface area contributed by atoms with Crippen molar-refractivity contribution in [2.75, 3.05) is 6.26 Å². The van der Waals surface area contributed by atoms with Gasteiger partial charge in [0.05, 0.1) is 5.75 Å². The van der Waals surface area contributed by atoms with Crippen LogP contribution in [0, 0.1) is 5.41 Å². The molecule has 118 valence electrons. The predicted molar refractivity (Wildman–Crippen MR) is 87.7 cm³/mol. The predicted octanol–water partition coefficient (Wildman–Crippen LogP) is 2.58. The van der Waals surface area contributed by atoms with Crippen LogP contribution >= 0.6 is 11.8 Å². The highest BCUT2D eigenvalue weighted by Gasteiger charge is 2.27. The molecule has 1 heterocycles. The second-order valence-corrected chi connectivity index (χ2v) is 7.95. The quantitative estimate of drug-likeness (QED) is 0.876. The van der Waals surface area contributed by atoms with Crippen LogP contribution in [0.5, 0.6) is 0 Å². The van der Waals surface area contributed by atoms with E-state index < -0.39 is 0 Å². The third-order valence-corrected chi connectivity index (χ3v) is 3.29. The Kier molecular flexibility index (Phi) is 5.61. The van der Waals surface area contributed by atoms with Crippen LogP contribution in [0.2, 0.25) is 0 Å². The van der Waals surface area contributed by atoms with Crippen LogP contribution in [0.25, 0.3) is 0 Å². The summed E-state index contributed by atoms with van der Waals surface area (Å²) >= 11 is 1.54. The SMILES string of the molecule is CSCc1nc(C(=O)NC(C)(C)CC(C)(C)C)cc(=O)[nH]1. The van der Waals surface area contributed by atoms with Crippen molar-refractivity contribution in [3.8, 4) is 0 Å². The number of nitrogens with zero attached hydrogens (tertiary/aromatic N) is 1. The van der Waals surface area contributed by atoms with Crippen LogP contribution in [0.1, 0.15) is 57.4 Å². The Hall–Kier alpha value is -1.30. The third kappa shape index (κ3) is 6.33. The molecule has 0 saturated carbocycles. The lowest BCUT2D eigenvalue weighted by molar-refractivity contribution is 0.0885. The van der Waals surface area contributed by atoms with Crippen molar-refractivity contribution >= 4 is 17.7 Å². The van der Waals surface area contributed by atoms with Crippen LogP contribution in [0.15, 0.2) is 10.9 Å². The molecule has 2 N–H and O–H groups in total. The Labute approximate surface area is 130 Å². The smallest absolute Gasteiger partial charge is 0.270 e. The highest BCUT2D eigenvalue weighted by molar-refractivity contribution is 7.97. The van der Waals surface area contributed by atoms with Crippen molar-refractivity contribution in [1.82, 2.24) is 15.3 Å². The Morgan fingerprint density at radius 1 is 1.33 bits per heavy atom. The molecule has 0 aliphatic rings. The molecule has 0 unspecified atom stereocenters. The van der Waals surface area contributed by atoms with Gasteiger partial charge in [0.1, 0.15) is 11.5 Å². The summed E-state index contributed by atoms with van der Waals surface area (Å²) in [5.74, 6) is 0.786. The lowest BCUT2D eigenvalue weighted by atomic mass is 9.82. The summed E-state index contributed by atoms with van der Waals surface area (Å²) in [6.45, 7) is 10.3. The fraction of sp³-hybridized carbons (Fsp3) is 0.667. The molecular weight excluding hydrogens is 286 g/mol. The zero-order chi connectivity index (χ0) is 16.3. The second-order valence-electron chi connectivity index (χ2n) is 7.09. The van der Waals surface area contributed by atoms with E-state index in [1.807, 2.05) is 20.1 Å². The van der Waals surface area contributed by atoms with Gasteiger partial charge in [0, 0.05) is 11.6 Å². The van der Waals surface area contributed by atoms with Crippen LogP contribution in [0.3, 0.4) is 0 Å². The number of aromatic amines is 1. The third-order valence-electron chi connectivity index (χ3n) is 2.73. The molecule has 5 nitrogen and oxygen atoms in total. The number of hydrogen-bond acceptors (Lipinski definition) is 4. The van der Waals surface area contributed by atoms with Gasteiger partial charge in [-0.1, -0.05) is 20.8 Å². The molecule has 0 aliphatic heterocycles. The van der Waals surface area contributed by atoms with E-state index in [-0.39, 0.29) is 28.1 Å². The van der Waals surface area contributed by atoms with Gasteiger partial charge >= 0.3 is 0 Å². The van der Waals surface area contributed by atoms with Crippen molar-refractivity contribution in [3.05, 3.63) is 27.9 Å². The molecule has 21 heavy (non-hydrogen) atoms. The molecular formula is C15H25N3O2S. The van der Waals surface area contributed by atoms with Crippen LogP contribution in [0.4, 0.5) is 0 Å². The number of hydrogen-bond donors (Lipinski definition) is 2. The number of H-pyrrole nitrogens is 1. The fourth-order valence-electron chi connectivity index (χ4n) is 2.57. The Bertz CT molecular complexity index is 559. The number of amides is 1. The van der Waals surface area contributed by atoms with Gasteiger partial charge in [0.2, 0.25) is 0 Å². The lowest BCUT2D eigenvalue weighted by Gasteiger charge is -2.33. The van der Waals surface area contributed by atoms with E-state index in [1.165, 1.54) is 6.07 Å². The second kappa shape index (κ2) is 6.64. The number of carbonyl (C=O) groups is 1. The van der Waals surface area contributed by atoms with E-state index in [9.17, 15) is 9.59 Å². The van der Waals surface area contributed by atoms with Crippen LogP contribution in [-0.4, -0.2) is 27.7 Å². The first-order valence-electron chi connectivity index (χ1n) is 6.94. The highest BCUT2D eigenvalue weighted by Crippen LogP contribution is 2.26. The van der Waals surface area contributed by atoms with E-state index >= 15 is 0 Å². The Balaban J connectivity index is 2.91. The van der Waals surface area contributed by atoms with Crippen LogP contribution in [-0.2, 0) is 5.75 Å². The van der Waals surface area contributed by atoms with Crippen molar-refractivity contribution in [2.24, 2.45) is 5.41 Å². The summed E-state index contributed by atoms with van der Waals surface area (Å²) in [6, 6.07) is 1.24. The molecule has 6 heteroatoms. The standard InChI is InChI=1S/C15H25N3O2S/c1-14(2,3)9-15(4,5)18-13(20)10-7-12(19)17-11(16-10)8-21-6/h7H,8-9H2,1-6H3,(H,18,20)(H,16,17,19). The minimum atomic E-state index is -0.362. The summed E-state index contributed by atoms with van der Waals surface area (Å²) in [7, 11) is 0. The molecule has 0 aromatic carbocycles. The maximum atomic E-state index is 12.3. The van der Waals surface area contributed by atoms with Gasteiger partial charge < -0.3 is 10.3 Å². The minimum absolute atomic E-state index is 0.0996. The van der Waals surface area contributed by atoms with Crippen molar-refractivity contribution in [3.63, 3.8) is 0 Å². The molecule has 0 spiro atoms. The molecule has 0 atom stereocenters. The molecule has 0 radical (unpaired) electrons. The first-order valence-corrected chi connectivity index (χ1v) is 8.33. The number of rotatable bonds is 5. The van der Waals surface area contributed by atoms with E-state index in [4.69, 9.17) is 0 Å². The average molecular weight is 311 g/mol. The first kappa shape index (κ1) is 17.8. The molecule has 1 amide bonds. The zero-order valence-corrected chi connectivity index (χ0v) is 14.5. The Morgan fingerprint density at radius 3 is 2.48 bits per heavy atom. The summed E-state index contributed by atoms with van der Waals surface area (Å²) < 4.78 is 0. The van der Waals surface area contributed by atoms with Gasteiger partial charge in [-0.15, -0.1) is 0 Å². The van der Waals surface area contributed by atoms with E-state index in [0.717, 1.165) is 6.42 Å². The van der Waals surface area contributed by atoms with E-state index in [1.54, 1.807) is 11.8 Å². The highest BCUT2D eigenvalue weighted by atomic mass is 32.2. The maximum absolute atomic E-state index is 12.3. The number of carbonyl (C=O) groups excluding carboxylic acids is 1. The topological polar surface area (TPSA) is 74.8 Å². The lowest BCUT2D eigenvalue weighted by Crippen LogP contribution is -2.46. The van der Waals surface area contributed by atoms with Crippen molar-refractivity contribution in [2.45, 2.75) is 52.3 Å². The van der Waals surface area contributed by atoms with Gasteiger partial charge in [-0.3, -0.25) is 9.59 Å². The summed E-state index contributed by atoms with van der Waals surface area (Å²) in [5.41, 5.74) is -0.389. The van der Waals surface area contributed by atoms with E-state index in [2.05, 4.69) is 36.1 Å². The molecule has 1 aromatic rings. The normalized spacial score (nSPS) is 12.3. The molecule has 0 fully saturated rings. The van der Waals surface area contributed by atoms with Gasteiger partial charge in [0.15, 0.2) is 0 Å². The number of aromatic nitrogens is 2. The van der Waals surface area contributed by atoms with Gasteiger partial charge in [-0.2, -0.15) is 11.8 Å². The van der Waals surface area contributed by atoms with Gasteiger partial charge in [-0.05, 0) is 31.9 Å². The summed E-state index contributed by atoms with van der Waals surface area (Å²) in [6.07, 6.45) is 2.74. The van der Waals surface area contributed by atoms with Gasteiger partial charge in [-0.25, -0.2) is 4.98 Å². The monoisotopic (exact) mass is 311 g/mol. The molecule has 0 saturated heterocycles. The van der Waals surface area contributed by atoms with Crippen molar-refractivity contribution in [1.29, 1.82) is 0 Å². The number of thioether (sulfide) groups is 1. The largest absolute Gasteiger partial charge is 0.346 e. The van der Waals surface area contributed by atoms with Crippen molar-refractivity contribution < 1.29 is 4.79 Å². The molecule has 0 bridgehead atoms. The molecule has 1 rings (SSSR count). The zero-order valence-electron chi connectivity index (χ0n) is 13.7. The minimum Gasteiger partial charge on any atom is -0.346 e. The van der Waals surface area contributed by atoms with Crippen LogP contribution < -0.4 is 10.9 Å². The summed E-state index contributed by atoms with van der Waals surface area (Å²) in [5, 5.41) is 2.96. The van der Waals surface area contributed by atoms with Gasteiger partial charge in [0.25, 0.3) is 11.5 Å². The molecule has 1 aromatic heterocycles. The number of nitrogens with one attached hydrogen (secondary N) is 2. The first-order chi connectivity index (χ1) is 9.52. The maximum Gasteiger partial charge on any atom is 0.270 e. The average Bonchev–Trinajstić information content (AvgIpc) is 2.24. The van der Waals surface area contributed by atoms with E-state index in [0.29, 0.717) is 11.6 Å².